The first-order valence-electron chi connectivity index (χ1n) is 9.65. The summed E-state index contributed by atoms with van der Waals surface area (Å²) in [5.41, 5.74) is 10.1. The van der Waals surface area contributed by atoms with E-state index in [4.69, 9.17) is 11.1 Å². The fourth-order valence-corrected chi connectivity index (χ4v) is 3.58. The smallest absolute Gasteiger partial charge is 0.132 e. The molecular formula is C22H25N7. The van der Waals surface area contributed by atoms with Gasteiger partial charge in [-0.3, -0.25) is 5.01 Å². The van der Waals surface area contributed by atoms with Gasteiger partial charge in [0.25, 0.3) is 0 Å². The predicted octanol–water partition coefficient (Wildman–Crippen LogP) is 2.30. The monoisotopic (exact) mass is 387 g/mol. The highest BCUT2D eigenvalue weighted by molar-refractivity contribution is 5.97. The lowest BCUT2D eigenvalue weighted by molar-refractivity contribution is 0.373. The first-order valence-corrected chi connectivity index (χ1v) is 9.65. The van der Waals surface area contributed by atoms with Gasteiger partial charge in [-0.1, -0.05) is 24.3 Å². The lowest BCUT2D eigenvalue weighted by Crippen LogP contribution is -2.28. The Bertz CT molecular complexity index is 969. The van der Waals surface area contributed by atoms with E-state index in [1.165, 1.54) is 11.8 Å². The van der Waals surface area contributed by atoms with Crippen LogP contribution in [0.3, 0.4) is 0 Å². The van der Waals surface area contributed by atoms with E-state index in [0.29, 0.717) is 11.7 Å². The van der Waals surface area contributed by atoms with E-state index in [9.17, 15) is 0 Å². The van der Waals surface area contributed by atoms with Crippen LogP contribution in [0.25, 0.3) is 0 Å². The Balaban J connectivity index is 1.48. The van der Waals surface area contributed by atoms with E-state index in [1.54, 1.807) is 6.08 Å². The van der Waals surface area contributed by atoms with Gasteiger partial charge in [0.05, 0.1) is 11.4 Å². The second-order valence-electron chi connectivity index (χ2n) is 7.30. The van der Waals surface area contributed by atoms with Crippen LogP contribution in [-0.2, 0) is 0 Å². The van der Waals surface area contributed by atoms with Crippen LogP contribution in [0.2, 0.25) is 0 Å². The standard InChI is InChI=1S/C22H25N7/c1-29-14-18(13-26-29)17-9-20-19(25-12-17)7-8-22(27-20)28-21(24)10-16(11-23)15-5-3-2-4-6-15/h2-5,7-13,15,18,23,25,27H,6,14H2,1H3,(H2,24,28). The zero-order valence-electron chi connectivity index (χ0n) is 16.3. The second kappa shape index (κ2) is 8.18. The van der Waals surface area contributed by atoms with E-state index < -0.39 is 0 Å². The van der Waals surface area contributed by atoms with Crippen LogP contribution in [0.15, 0.2) is 93.3 Å². The third-order valence-electron chi connectivity index (χ3n) is 5.14. The van der Waals surface area contributed by atoms with Gasteiger partial charge >= 0.3 is 0 Å². The van der Waals surface area contributed by atoms with E-state index in [-0.39, 0.29) is 11.8 Å². The molecule has 2 unspecified atom stereocenters. The summed E-state index contributed by atoms with van der Waals surface area (Å²) in [7, 11) is 1.97. The van der Waals surface area contributed by atoms with Gasteiger partial charge in [-0.05, 0) is 41.9 Å². The Morgan fingerprint density at radius 1 is 1.34 bits per heavy atom. The Morgan fingerprint density at radius 3 is 2.97 bits per heavy atom. The van der Waals surface area contributed by atoms with Crippen molar-refractivity contribution in [2.24, 2.45) is 27.7 Å². The van der Waals surface area contributed by atoms with Crippen molar-refractivity contribution in [2.75, 3.05) is 13.6 Å². The molecule has 0 spiro atoms. The fraction of sp³-hybridized carbons (Fsp3) is 0.227. The van der Waals surface area contributed by atoms with Crippen molar-refractivity contribution in [3.05, 3.63) is 83.2 Å². The largest absolute Gasteiger partial charge is 0.384 e. The Kier molecular flexibility index (Phi) is 5.29. The van der Waals surface area contributed by atoms with E-state index in [2.05, 4.69) is 39.0 Å². The molecule has 0 aromatic carbocycles. The Hall–Kier alpha value is -3.61. The van der Waals surface area contributed by atoms with Crippen LogP contribution in [0.4, 0.5) is 0 Å². The number of aliphatic imine (C=N–C) groups is 1. The minimum atomic E-state index is 0.162. The number of nitrogens with zero attached hydrogens (tertiary/aromatic N) is 3. The molecule has 0 radical (unpaired) electrons. The molecule has 29 heavy (non-hydrogen) atoms. The van der Waals surface area contributed by atoms with E-state index in [1.807, 2.05) is 48.8 Å². The third kappa shape index (κ3) is 4.29. The maximum absolute atomic E-state index is 7.71. The van der Waals surface area contributed by atoms with Crippen molar-refractivity contribution < 1.29 is 0 Å². The lowest BCUT2D eigenvalue weighted by atomic mass is 9.92. The Morgan fingerprint density at radius 2 is 2.24 bits per heavy atom. The van der Waals surface area contributed by atoms with Crippen LogP contribution in [0.1, 0.15) is 6.42 Å². The number of nitrogens with one attached hydrogen (secondary N) is 3. The molecule has 3 aliphatic heterocycles. The molecule has 4 aliphatic rings. The van der Waals surface area contributed by atoms with Crippen molar-refractivity contribution >= 4 is 18.3 Å². The van der Waals surface area contributed by atoms with Crippen LogP contribution >= 0.6 is 0 Å². The normalized spacial score (nSPS) is 26.0. The van der Waals surface area contributed by atoms with Gasteiger partial charge in [-0.15, -0.1) is 0 Å². The number of dihydropyridines is 2. The predicted molar refractivity (Wildman–Crippen MR) is 118 cm³/mol. The number of hydrogen-bond acceptors (Lipinski definition) is 6. The Labute approximate surface area is 170 Å². The first-order chi connectivity index (χ1) is 14.1. The van der Waals surface area contributed by atoms with Crippen LogP contribution in [0.5, 0.6) is 0 Å². The molecule has 7 nitrogen and oxygen atoms in total. The van der Waals surface area contributed by atoms with Crippen LogP contribution < -0.4 is 16.4 Å². The quantitative estimate of drug-likeness (QED) is 0.429. The van der Waals surface area contributed by atoms with Gasteiger partial charge in [0.1, 0.15) is 11.7 Å². The summed E-state index contributed by atoms with van der Waals surface area (Å²) in [4.78, 5) is 4.50. The van der Waals surface area contributed by atoms with E-state index in [0.717, 1.165) is 29.9 Å². The number of amidine groups is 1. The molecule has 5 N–H and O–H groups in total. The maximum Gasteiger partial charge on any atom is 0.132 e. The second-order valence-corrected chi connectivity index (χ2v) is 7.30. The molecular weight excluding hydrogens is 362 g/mol. The summed E-state index contributed by atoms with van der Waals surface area (Å²) in [6.07, 6.45) is 22.1. The summed E-state index contributed by atoms with van der Waals surface area (Å²) >= 11 is 0. The van der Waals surface area contributed by atoms with Crippen LogP contribution in [0, 0.1) is 17.2 Å². The molecule has 1 aliphatic carbocycles. The number of hydrazone groups is 1. The summed E-state index contributed by atoms with van der Waals surface area (Å²) < 4.78 is 0. The number of allylic oxidation sites excluding steroid dienone is 8. The summed E-state index contributed by atoms with van der Waals surface area (Å²) in [5, 5.41) is 20.6. The summed E-state index contributed by atoms with van der Waals surface area (Å²) in [6.45, 7) is 0.867. The van der Waals surface area contributed by atoms with Crippen LogP contribution in [-0.4, -0.2) is 36.9 Å². The molecule has 0 bridgehead atoms. The van der Waals surface area contributed by atoms with Crippen molar-refractivity contribution in [3.8, 4) is 0 Å². The highest BCUT2D eigenvalue weighted by atomic mass is 15.4. The number of rotatable bonds is 5. The van der Waals surface area contributed by atoms with Gasteiger partial charge in [0.2, 0.25) is 0 Å². The van der Waals surface area contributed by atoms with Crippen molar-refractivity contribution in [1.29, 1.82) is 5.41 Å². The molecule has 4 rings (SSSR count). The molecule has 0 fully saturated rings. The summed E-state index contributed by atoms with van der Waals surface area (Å²) in [6, 6.07) is 0. The number of fused-ring (bicyclic) bond motifs is 1. The SMILES string of the molecule is CN1CC(C2=CNC3=CC=C(N=C(N)C=C(C=N)C4C=CC=CC4)NC3=C2)C=N1. The third-order valence-corrected chi connectivity index (χ3v) is 5.14. The molecule has 148 valence electrons. The average molecular weight is 387 g/mol. The van der Waals surface area contributed by atoms with Gasteiger partial charge in [-0.2, -0.15) is 5.10 Å². The number of nitrogens with two attached hydrogens (primary N) is 1. The molecule has 0 aromatic rings. The minimum absolute atomic E-state index is 0.162. The molecule has 0 saturated heterocycles. The minimum Gasteiger partial charge on any atom is -0.384 e. The highest BCUT2D eigenvalue weighted by Gasteiger charge is 2.22. The number of hydrogen-bond donors (Lipinski definition) is 4. The van der Waals surface area contributed by atoms with Crippen molar-refractivity contribution in [2.45, 2.75) is 6.42 Å². The maximum atomic E-state index is 7.71. The van der Waals surface area contributed by atoms with Gasteiger partial charge in [-0.25, -0.2) is 4.99 Å². The molecule has 7 heteroatoms. The molecule has 0 saturated carbocycles. The lowest BCUT2D eigenvalue weighted by Gasteiger charge is -2.24. The zero-order valence-corrected chi connectivity index (χ0v) is 16.3. The van der Waals surface area contributed by atoms with Gasteiger partial charge < -0.3 is 21.8 Å². The topological polar surface area (TPSA) is 102 Å². The van der Waals surface area contributed by atoms with Crippen molar-refractivity contribution in [1.82, 2.24) is 15.6 Å². The zero-order chi connectivity index (χ0) is 20.2. The molecule has 2 atom stereocenters. The highest BCUT2D eigenvalue weighted by Crippen LogP contribution is 2.25. The molecule has 3 heterocycles. The molecule has 0 amide bonds. The van der Waals surface area contributed by atoms with Gasteiger partial charge in [0.15, 0.2) is 0 Å². The average Bonchev–Trinajstić information content (AvgIpc) is 3.18. The fourth-order valence-electron chi connectivity index (χ4n) is 3.58. The summed E-state index contributed by atoms with van der Waals surface area (Å²) in [5.74, 6) is 1.46. The van der Waals surface area contributed by atoms with Gasteiger partial charge in [0, 0.05) is 44.1 Å². The van der Waals surface area contributed by atoms with E-state index >= 15 is 0 Å². The molecule has 0 aromatic heterocycles. The van der Waals surface area contributed by atoms with Crippen molar-refractivity contribution in [3.63, 3.8) is 0 Å². The first kappa shape index (κ1) is 18.7.